The summed E-state index contributed by atoms with van der Waals surface area (Å²) in [5.41, 5.74) is 2.15. The fourth-order valence-electron chi connectivity index (χ4n) is 1.17. The third kappa shape index (κ3) is 10.4. The van der Waals surface area contributed by atoms with Gasteiger partial charge in [0.25, 0.3) is 0 Å². The van der Waals surface area contributed by atoms with E-state index in [9.17, 15) is 0 Å². The van der Waals surface area contributed by atoms with Gasteiger partial charge in [0.05, 0.1) is 5.52 Å². The number of aromatic nitrogens is 1. The number of unbranched alkanes of at least 4 members (excludes halogenated alkanes) is 1. The summed E-state index contributed by atoms with van der Waals surface area (Å²) < 4.78 is 31.6. The Morgan fingerprint density at radius 3 is 2.00 bits per heavy atom. The second-order valence-corrected chi connectivity index (χ2v) is 4.99. The maximum atomic E-state index is 8.74. The molecule has 0 unspecified atom stereocenters. The highest BCUT2D eigenvalue weighted by atomic mass is 32.3. The molecule has 1 heterocycles. The Morgan fingerprint density at radius 2 is 1.50 bits per heavy atom. The van der Waals surface area contributed by atoms with Gasteiger partial charge in [0.2, 0.25) is 0 Å². The van der Waals surface area contributed by atoms with Gasteiger partial charge >= 0.3 is 10.4 Å². The Hall–Kier alpha value is -1.50. The van der Waals surface area contributed by atoms with Crippen molar-refractivity contribution in [2.24, 2.45) is 0 Å². The van der Waals surface area contributed by atoms with E-state index in [4.69, 9.17) is 17.5 Å². The number of aryl methyl sites for hydroxylation is 1. The number of benzene rings is 1. The topological polar surface area (TPSA) is 87.5 Å². The van der Waals surface area contributed by atoms with Crippen LogP contribution in [0.25, 0.3) is 10.9 Å². The van der Waals surface area contributed by atoms with Crippen molar-refractivity contribution < 1.29 is 17.5 Å². The first kappa shape index (κ1) is 18.5. The number of hydrogen-bond acceptors (Lipinski definition) is 3. The van der Waals surface area contributed by atoms with Gasteiger partial charge in [0, 0.05) is 11.1 Å². The van der Waals surface area contributed by atoms with E-state index in [1.165, 1.54) is 18.2 Å². The normalized spacial score (nSPS) is 10.1. The standard InChI is InChI=1S/C10H9N.C4H10.H2O4S/c1-8-6-7-9-4-2-3-5-10(9)11-8;1-3-4-2;1-5(2,3)4/h2-7H,1H3;3-4H2,1-2H3;(H2,1,2,3,4). The summed E-state index contributed by atoms with van der Waals surface area (Å²) in [4.78, 5) is 4.38. The maximum absolute atomic E-state index is 8.74. The number of pyridine rings is 1. The summed E-state index contributed by atoms with van der Waals surface area (Å²) in [6, 6.07) is 12.3. The molecule has 0 aliphatic heterocycles. The Balaban J connectivity index is 0.000000340. The second kappa shape index (κ2) is 9.41. The molecule has 1 aromatic carbocycles. The van der Waals surface area contributed by atoms with Gasteiger partial charge < -0.3 is 0 Å². The highest BCUT2D eigenvalue weighted by Gasteiger charge is 1.91. The monoisotopic (exact) mass is 299 g/mol. The lowest BCUT2D eigenvalue weighted by Gasteiger charge is -1.95. The first-order valence-electron chi connectivity index (χ1n) is 6.30. The zero-order valence-corrected chi connectivity index (χ0v) is 12.8. The molecular weight excluding hydrogens is 278 g/mol. The molecule has 0 saturated carbocycles. The lowest BCUT2D eigenvalue weighted by atomic mass is 10.2. The van der Waals surface area contributed by atoms with E-state index in [0.717, 1.165) is 11.2 Å². The summed E-state index contributed by atoms with van der Waals surface area (Å²) in [5.74, 6) is 0. The molecule has 0 aliphatic rings. The van der Waals surface area contributed by atoms with Crippen LogP contribution in [0, 0.1) is 6.92 Å². The molecule has 0 aliphatic carbocycles. The Labute approximate surface area is 120 Å². The second-order valence-electron chi connectivity index (χ2n) is 4.09. The van der Waals surface area contributed by atoms with Crippen molar-refractivity contribution in [3.63, 3.8) is 0 Å². The van der Waals surface area contributed by atoms with Crippen LogP contribution >= 0.6 is 0 Å². The summed E-state index contributed by atoms with van der Waals surface area (Å²) in [7, 11) is -4.67. The molecule has 2 aromatic rings. The van der Waals surface area contributed by atoms with Gasteiger partial charge in [-0.15, -0.1) is 0 Å². The molecule has 0 saturated heterocycles. The van der Waals surface area contributed by atoms with Crippen molar-refractivity contribution in [1.82, 2.24) is 4.98 Å². The predicted octanol–water partition coefficient (Wildman–Crippen LogP) is 3.70. The van der Waals surface area contributed by atoms with E-state index in [0.29, 0.717) is 0 Å². The molecule has 0 fully saturated rings. The van der Waals surface area contributed by atoms with Crippen LogP contribution in [0.5, 0.6) is 0 Å². The number of fused-ring (bicyclic) bond motifs is 1. The molecule has 0 bridgehead atoms. The van der Waals surface area contributed by atoms with Gasteiger partial charge in [-0.05, 0) is 19.1 Å². The SMILES string of the molecule is CCCC.Cc1ccc2ccccc2n1.O=S(=O)(O)O. The smallest absolute Gasteiger partial charge is 0.264 e. The summed E-state index contributed by atoms with van der Waals surface area (Å²) in [5, 5.41) is 1.21. The molecule has 0 atom stereocenters. The molecule has 1 aromatic heterocycles. The van der Waals surface area contributed by atoms with E-state index in [2.05, 4.69) is 31.0 Å². The van der Waals surface area contributed by atoms with Crippen LogP contribution in [0.1, 0.15) is 32.4 Å². The highest BCUT2D eigenvalue weighted by molar-refractivity contribution is 7.79. The number of para-hydroxylation sites is 1. The minimum absolute atomic E-state index is 1.07. The quantitative estimate of drug-likeness (QED) is 0.784. The van der Waals surface area contributed by atoms with E-state index in [1.54, 1.807) is 0 Å². The summed E-state index contributed by atoms with van der Waals surface area (Å²) in [6.45, 7) is 6.37. The Morgan fingerprint density at radius 1 is 1.00 bits per heavy atom. The summed E-state index contributed by atoms with van der Waals surface area (Å²) in [6.07, 6.45) is 2.64. The van der Waals surface area contributed by atoms with Gasteiger partial charge in [-0.3, -0.25) is 14.1 Å². The van der Waals surface area contributed by atoms with Crippen LogP contribution in [0.4, 0.5) is 0 Å². The number of rotatable bonds is 1. The van der Waals surface area contributed by atoms with Gasteiger partial charge in [-0.1, -0.05) is 51.0 Å². The van der Waals surface area contributed by atoms with Crippen LogP contribution in [0.15, 0.2) is 36.4 Å². The lowest BCUT2D eigenvalue weighted by molar-refractivity contribution is 0.381. The van der Waals surface area contributed by atoms with Crippen LogP contribution in [0.3, 0.4) is 0 Å². The minimum Gasteiger partial charge on any atom is -0.264 e. The average molecular weight is 299 g/mol. The zero-order valence-electron chi connectivity index (χ0n) is 11.9. The van der Waals surface area contributed by atoms with Crippen molar-refractivity contribution in [2.75, 3.05) is 0 Å². The van der Waals surface area contributed by atoms with Crippen LogP contribution in [0.2, 0.25) is 0 Å². The van der Waals surface area contributed by atoms with Crippen molar-refractivity contribution in [2.45, 2.75) is 33.6 Å². The third-order valence-corrected chi connectivity index (χ3v) is 2.24. The van der Waals surface area contributed by atoms with Crippen molar-refractivity contribution >= 4 is 21.3 Å². The molecule has 20 heavy (non-hydrogen) atoms. The first-order valence-corrected chi connectivity index (χ1v) is 7.69. The maximum Gasteiger partial charge on any atom is 0.394 e. The van der Waals surface area contributed by atoms with Gasteiger partial charge in [0.15, 0.2) is 0 Å². The zero-order chi connectivity index (χ0) is 15.6. The minimum atomic E-state index is -4.67. The number of nitrogens with zero attached hydrogens (tertiary/aromatic N) is 1. The van der Waals surface area contributed by atoms with Crippen LogP contribution in [-0.2, 0) is 10.4 Å². The highest BCUT2D eigenvalue weighted by Crippen LogP contribution is 2.10. The molecule has 0 amide bonds. The number of hydrogen-bond donors (Lipinski definition) is 2. The van der Waals surface area contributed by atoms with E-state index in [-0.39, 0.29) is 0 Å². The Kier molecular flexibility index (Phi) is 8.71. The molecule has 2 N–H and O–H groups in total. The largest absolute Gasteiger partial charge is 0.394 e. The van der Waals surface area contributed by atoms with E-state index in [1.807, 2.05) is 31.2 Å². The third-order valence-electron chi connectivity index (χ3n) is 2.24. The Bertz CT molecular complexity index is 601. The molecule has 2 rings (SSSR count). The molecule has 6 heteroatoms. The molecule has 0 spiro atoms. The summed E-state index contributed by atoms with van der Waals surface area (Å²) >= 11 is 0. The average Bonchev–Trinajstić information content (AvgIpc) is 2.37. The van der Waals surface area contributed by atoms with Gasteiger partial charge in [-0.2, -0.15) is 8.42 Å². The molecule has 0 radical (unpaired) electrons. The van der Waals surface area contributed by atoms with Gasteiger partial charge in [-0.25, -0.2) is 0 Å². The van der Waals surface area contributed by atoms with E-state index < -0.39 is 10.4 Å². The fourth-order valence-corrected chi connectivity index (χ4v) is 1.17. The first-order chi connectivity index (χ1) is 9.27. The van der Waals surface area contributed by atoms with Gasteiger partial charge in [0.1, 0.15) is 0 Å². The van der Waals surface area contributed by atoms with Crippen molar-refractivity contribution in [3.8, 4) is 0 Å². The molecule has 5 nitrogen and oxygen atoms in total. The van der Waals surface area contributed by atoms with Crippen molar-refractivity contribution in [1.29, 1.82) is 0 Å². The van der Waals surface area contributed by atoms with Crippen LogP contribution < -0.4 is 0 Å². The fraction of sp³-hybridized carbons (Fsp3) is 0.357. The van der Waals surface area contributed by atoms with Crippen molar-refractivity contribution in [3.05, 3.63) is 42.1 Å². The predicted molar refractivity (Wildman–Crippen MR) is 81.2 cm³/mol. The molecular formula is C14H21NO4S. The van der Waals surface area contributed by atoms with E-state index >= 15 is 0 Å². The molecule has 112 valence electrons. The lowest BCUT2D eigenvalue weighted by Crippen LogP contribution is -1.89. The van der Waals surface area contributed by atoms with Crippen LogP contribution in [-0.4, -0.2) is 22.5 Å².